The van der Waals surface area contributed by atoms with E-state index in [0.29, 0.717) is 28.4 Å². The van der Waals surface area contributed by atoms with Crippen LogP contribution in [0.15, 0.2) is 18.2 Å². The van der Waals surface area contributed by atoms with Crippen LogP contribution in [0, 0.1) is 0 Å². The first-order chi connectivity index (χ1) is 10.4. The van der Waals surface area contributed by atoms with E-state index in [9.17, 15) is 4.79 Å². The van der Waals surface area contributed by atoms with Crippen LogP contribution in [0.4, 0.5) is 5.69 Å². The molecule has 6 heteroatoms. The molecule has 0 aliphatic carbocycles. The monoisotopic (exact) mass is 319 g/mol. The molecule has 2 aromatic rings. The Balaban J connectivity index is 2.33. The quantitative estimate of drug-likeness (QED) is 0.934. The number of hydrogen-bond donors (Lipinski definition) is 1. The molecule has 0 fully saturated rings. The van der Waals surface area contributed by atoms with Gasteiger partial charge in [-0.05, 0) is 41.1 Å². The molecule has 1 aromatic carbocycles. The predicted molar refractivity (Wildman–Crippen MR) is 88.9 cm³/mol. The summed E-state index contributed by atoms with van der Waals surface area (Å²) >= 11 is 1.11. The van der Waals surface area contributed by atoms with Crippen LogP contribution in [0.5, 0.6) is 5.75 Å². The van der Waals surface area contributed by atoms with E-state index in [2.05, 4.69) is 35.7 Å². The fraction of sp³-hybridized carbons (Fsp3) is 0.438. The lowest BCUT2D eigenvalue weighted by Crippen LogP contribution is -2.15. The van der Waals surface area contributed by atoms with Gasteiger partial charge in [0.05, 0.1) is 18.5 Å². The van der Waals surface area contributed by atoms with Crippen molar-refractivity contribution in [1.82, 2.24) is 9.59 Å². The predicted octanol–water partition coefficient (Wildman–Crippen LogP) is 3.66. The van der Waals surface area contributed by atoms with Gasteiger partial charge in [0, 0.05) is 0 Å². The number of aromatic nitrogens is 2. The van der Waals surface area contributed by atoms with Crippen molar-refractivity contribution in [1.29, 1.82) is 0 Å². The Hall–Kier alpha value is -1.95. The summed E-state index contributed by atoms with van der Waals surface area (Å²) in [7, 11) is 1.59. The number of benzene rings is 1. The van der Waals surface area contributed by atoms with Gasteiger partial charge in [-0.1, -0.05) is 38.2 Å². The van der Waals surface area contributed by atoms with Crippen LogP contribution in [0.3, 0.4) is 0 Å². The second-order valence-electron chi connectivity index (χ2n) is 6.02. The molecule has 0 unspecified atom stereocenters. The largest absolute Gasteiger partial charge is 0.495 e. The third-order valence-electron chi connectivity index (χ3n) is 3.41. The van der Waals surface area contributed by atoms with Crippen molar-refractivity contribution in [3.8, 4) is 5.75 Å². The van der Waals surface area contributed by atoms with Gasteiger partial charge in [0.15, 0.2) is 0 Å². The summed E-state index contributed by atoms with van der Waals surface area (Å²) in [5.74, 6) is 0.438. The molecule has 0 aliphatic rings. The molecule has 1 aromatic heterocycles. The van der Waals surface area contributed by atoms with E-state index >= 15 is 0 Å². The van der Waals surface area contributed by atoms with Crippen molar-refractivity contribution in [2.45, 2.75) is 39.5 Å². The number of nitrogens with zero attached hydrogens (tertiary/aromatic N) is 2. The van der Waals surface area contributed by atoms with Crippen LogP contribution < -0.4 is 10.1 Å². The van der Waals surface area contributed by atoms with Gasteiger partial charge in [0.1, 0.15) is 10.6 Å². The van der Waals surface area contributed by atoms with Gasteiger partial charge in [0.2, 0.25) is 0 Å². The maximum absolute atomic E-state index is 12.4. The zero-order chi connectivity index (χ0) is 16.3. The normalized spacial score (nSPS) is 11.3. The third-order valence-corrected chi connectivity index (χ3v) is 4.18. The van der Waals surface area contributed by atoms with Gasteiger partial charge >= 0.3 is 0 Å². The molecule has 1 N–H and O–H groups in total. The summed E-state index contributed by atoms with van der Waals surface area (Å²) in [4.78, 5) is 13.0. The number of methoxy groups -OCH3 is 1. The molecule has 5 nitrogen and oxygen atoms in total. The Kier molecular flexibility index (Phi) is 4.81. The molecular formula is C16H21N3O2S. The minimum absolute atomic E-state index is 0.00757. The lowest BCUT2D eigenvalue weighted by atomic mass is 9.87. The van der Waals surface area contributed by atoms with Gasteiger partial charge in [-0.15, -0.1) is 5.10 Å². The van der Waals surface area contributed by atoms with Crippen LogP contribution in [0.25, 0.3) is 0 Å². The van der Waals surface area contributed by atoms with E-state index in [1.54, 1.807) is 7.11 Å². The van der Waals surface area contributed by atoms with E-state index in [1.165, 1.54) is 0 Å². The highest BCUT2D eigenvalue weighted by Gasteiger charge is 2.19. The number of ether oxygens (including phenoxy) is 1. The molecule has 0 radical (unpaired) electrons. The number of rotatable bonds is 4. The molecule has 0 bridgehead atoms. The van der Waals surface area contributed by atoms with Crippen molar-refractivity contribution in [2.24, 2.45) is 0 Å². The Bertz CT molecular complexity index is 674. The van der Waals surface area contributed by atoms with E-state index in [4.69, 9.17) is 4.74 Å². The summed E-state index contributed by atoms with van der Waals surface area (Å²) in [5.41, 5.74) is 2.50. The Morgan fingerprint density at radius 1 is 1.36 bits per heavy atom. The highest BCUT2D eigenvalue weighted by Crippen LogP contribution is 2.32. The fourth-order valence-corrected chi connectivity index (χ4v) is 2.71. The molecule has 0 saturated carbocycles. The average Bonchev–Trinajstić information content (AvgIpc) is 2.94. The van der Waals surface area contributed by atoms with Crippen molar-refractivity contribution < 1.29 is 9.53 Å². The van der Waals surface area contributed by atoms with Gasteiger partial charge in [-0.3, -0.25) is 4.79 Å². The van der Waals surface area contributed by atoms with Crippen molar-refractivity contribution in [3.63, 3.8) is 0 Å². The third kappa shape index (κ3) is 3.44. The number of carbonyl (C=O) groups excluding carboxylic acids is 1. The lowest BCUT2D eigenvalue weighted by molar-refractivity contribution is 0.102. The highest BCUT2D eigenvalue weighted by molar-refractivity contribution is 7.08. The van der Waals surface area contributed by atoms with Crippen LogP contribution in [0.1, 0.15) is 48.6 Å². The second kappa shape index (κ2) is 6.44. The van der Waals surface area contributed by atoms with Gasteiger partial charge in [-0.2, -0.15) is 0 Å². The SMILES string of the molecule is CCc1nnsc1C(=O)Nc1cc(C(C)(C)C)ccc1OC. The molecule has 0 atom stereocenters. The van der Waals surface area contributed by atoms with Crippen LogP contribution in [-0.4, -0.2) is 22.6 Å². The Morgan fingerprint density at radius 2 is 2.09 bits per heavy atom. The lowest BCUT2D eigenvalue weighted by Gasteiger charge is -2.21. The molecule has 22 heavy (non-hydrogen) atoms. The van der Waals surface area contributed by atoms with Crippen molar-refractivity contribution in [3.05, 3.63) is 34.3 Å². The summed E-state index contributed by atoms with van der Waals surface area (Å²) < 4.78 is 9.20. The summed E-state index contributed by atoms with van der Waals surface area (Å²) in [6.45, 7) is 8.34. The minimum atomic E-state index is -0.198. The standard InChI is InChI=1S/C16H21N3O2S/c1-6-11-14(22-19-18-11)15(20)17-12-9-10(16(2,3)4)7-8-13(12)21-5/h7-9H,6H2,1-5H3,(H,17,20). The number of amides is 1. The van der Waals surface area contributed by atoms with Gasteiger partial charge in [-0.25, -0.2) is 0 Å². The molecule has 118 valence electrons. The first kappa shape index (κ1) is 16.4. The summed E-state index contributed by atoms with van der Waals surface area (Å²) in [6, 6.07) is 5.85. The topological polar surface area (TPSA) is 64.1 Å². The number of anilines is 1. The van der Waals surface area contributed by atoms with E-state index in [1.807, 2.05) is 25.1 Å². The average molecular weight is 319 g/mol. The number of nitrogens with one attached hydrogen (secondary N) is 1. The molecule has 0 spiro atoms. The van der Waals surface area contributed by atoms with E-state index in [-0.39, 0.29) is 11.3 Å². The van der Waals surface area contributed by atoms with Gasteiger partial charge < -0.3 is 10.1 Å². The van der Waals surface area contributed by atoms with Crippen LogP contribution in [-0.2, 0) is 11.8 Å². The van der Waals surface area contributed by atoms with E-state index < -0.39 is 0 Å². The zero-order valence-corrected chi connectivity index (χ0v) is 14.4. The second-order valence-corrected chi connectivity index (χ2v) is 6.78. The molecular weight excluding hydrogens is 298 g/mol. The minimum Gasteiger partial charge on any atom is -0.495 e. The Labute approximate surface area is 134 Å². The summed E-state index contributed by atoms with van der Waals surface area (Å²) in [6.07, 6.45) is 0.679. The Morgan fingerprint density at radius 3 is 2.68 bits per heavy atom. The maximum atomic E-state index is 12.4. The molecule has 0 aliphatic heterocycles. The smallest absolute Gasteiger partial charge is 0.269 e. The van der Waals surface area contributed by atoms with Crippen molar-refractivity contribution in [2.75, 3.05) is 12.4 Å². The van der Waals surface area contributed by atoms with Crippen molar-refractivity contribution >= 4 is 23.1 Å². The van der Waals surface area contributed by atoms with E-state index in [0.717, 1.165) is 17.1 Å². The highest BCUT2D eigenvalue weighted by atomic mass is 32.1. The molecule has 1 amide bonds. The number of hydrogen-bond acceptors (Lipinski definition) is 5. The molecule has 1 heterocycles. The van der Waals surface area contributed by atoms with Gasteiger partial charge in [0.25, 0.3) is 5.91 Å². The van der Waals surface area contributed by atoms with Crippen LogP contribution in [0.2, 0.25) is 0 Å². The molecule has 0 saturated heterocycles. The number of carbonyl (C=O) groups is 1. The summed E-state index contributed by atoms with van der Waals surface area (Å²) in [5, 5.41) is 6.89. The first-order valence-electron chi connectivity index (χ1n) is 7.18. The molecule has 2 rings (SSSR count). The fourth-order valence-electron chi connectivity index (χ4n) is 2.06. The number of aryl methyl sites for hydroxylation is 1. The van der Waals surface area contributed by atoms with Crippen LogP contribution >= 0.6 is 11.5 Å². The maximum Gasteiger partial charge on any atom is 0.269 e. The first-order valence-corrected chi connectivity index (χ1v) is 7.95. The zero-order valence-electron chi connectivity index (χ0n) is 13.6.